The molecule has 0 aliphatic heterocycles. The zero-order valence-corrected chi connectivity index (χ0v) is 11.0. The van der Waals surface area contributed by atoms with Crippen LogP contribution >= 0.6 is 11.8 Å². The summed E-state index contributed by atoms with van der Waals surface area (Å²) in [6.45, 7) is 2.62. The number of alkyl halides is 3. The van der Waals surface area contributed by atoms with Gasteiger partial charge in [-0.25, -0.2) is 4.98 Å². The van der Waals surface area contributed by atoms with Gasteiger partial charge in [-0.3, -0.25) is 0 Å². The number of pyridine rings is 1. The zero-order chi connectivity index (χ0) is 13.8. The summed E-state index contributed by atoms with van der Waals surface area (Å²) in [5.41, 5.74) is 4.58. The molecule has 1 atom stereocenters. The molecule has 0 fully saturated rings. The molecule has 102 valence electrons. The fourth-order valence-corrected chi connectivity index (χ4v) is 1.68. The predicted octanol–water partition coefficient (Wildman–Crippen LogP) is 3.24. The molecule has 1 unspecified atom stereocenters. The molecular weight excluding hydrogens is 263 g/mol. The molecule has 1 heterocycles. The highest BCUT2D eigenvalue weighted by Crippen LogP contribution is 2.31. The Hall–Kier alpha value is -1.11. The number of halogens is 3. The Morgan fingerprint density at radius 3 is 2.67 bits per heavy atom. The summed E-state index contributed by atoms with van der Waals surface area (Å²) in [6.07, 6.45) is -1.57. The maximum absolute atomic E-state index is 12.5. The third kappa shape index (κ3) is 4.64. The lowest BCUT2D eigenvalue weighted by Crippen LogP contribution is -2.12. The molecule has 1 aromatic heterocycles. The molecule has 3 nitrogen and oxygen atoms in total. The maximum Gasteiger partial charge on any atom is 0.416 e. The van der Waals surface area contributed by atoms with E-state index in [-0.39, 0.29) is 11.6 Å². The summed E-state index contributed by atoms with van der Waals surface area (Å²) in [5, 5.41) is 3.30. The first kappa shape index (κ1) is 14.9. The molecular formula is C11H16F3N3S. The molecule has 0 spiro atoms. The van der Waals surface area contributed by atoms with Crippen molar-refractivity contribution in [1.82, 2.24) is 4.98 Å². The summed E-state index contributed by atoms with van der Waals surface area (Å²) in [7, 11) is 0. The molecule has 7 heteroatoms. The van der Waals surface area contributed by atoms with Crippen LogP contribution in [0.5, 0.6) is 0 Å². The molecule has 3 N–H and O–H groups in total. The van der Waals surface area contributed by atoms with Crippen LogP contribution in [0.15, 0.2) is 12.1 Å². The van der Waals surface area contributed by atoms with Gasteiger partial charge in [0, 0.05) is 11.8 Å². The van der Waals surface area contributed by atoms with Gasteiger partial charge in [0.2, 0.25) is 0 Å². The average Bonchev–Trinajstić information content (AvgIpc) is 2.27. The quantitative estimate of drug-likeness (QED) is 0.868. The number of hydrogen-bond acceptors (Lipinski definition) is 4. The minimum atomic E-state index is -4.40. The Morgan fingerprint density at radius 2 is 2.11 bits per heavy atom. The van der Waals surface area contributed by atoms with E-state index in [2.05, 4.69) is 17.2 Å². The van der Waals surface area contributed by atoms with E-state index >= 15 is 0 Å². The largest absolute Gasteiger partial charge is 0.416 e. The molecule has 0 bridgehead atoms. The molecule has 0 aliphatic carbocycles. The number of nitrogens with one attached hydrogen (secondary N) is 1. The van der Waals surface area contributed by atoms with Crippen molar-refractivity contribution in [3.63, 3.8) is 0 Å². The highest BCUT2D eigenvalue weighted by molar-refractivity contribution is 7.99. The lowest BCUT2D eigenvalue weighted by Gasteiger charge is -2.12. The topological polar surface area (TPSA) is 50.9 Å². The number of rotatable bonds is 5. The normalized spacial score (nSPS) is 13.4. The Bertz CT molecular complexity index is 396. The maximum atomic E-state index is 12.5. The van der Waals surface area contributed by atoms with E-state index < -0.39 is 11.7 Å². The van der Waals surface area contributed by atoms with Gasteiger partial charge in [-0.2, -0.15) is 24.9 Å². The Morgan fingerprint density at radius 1 is 1.44 bits per heavy atom. The van der Waals surface area contributed by atoms with Crippen molar-refractivity contribution in [2.75, 3.05) is 23.9 Å². The number of hydrogen-bond donors (Lipinski definition) is 2. The first-order valence-corrected chi connectivity index (χ1v) is 6.73. The van der Waals surface area contributed by atoms with Crippen molar-refractivity contribution in [2.45, 2.75) is 24.8 Å². The van der Waals surface area contributed by atoms with Crippen molar-refractivity contribution in [1.29, 1.82) is 0 Å². The standard InChI is InChI=1S/C11H16F3N3S/c1-7(18-2)3-4-16-10-6-8(11(12,13)14)5-9(15)17-10/h5-7H,3-4H2,1-2H3,(H3,15,16,17). The highest BCUT2D eigenvalue weighted by atomic mass is 32.2. The number of thioether (sulfide) groups is 1. The summed E-state index contributed by atoms with van der Waals surface area (Å²) in [5.74, 6) is 0.0286. The Balaban J connectivity index is 2.69. The third-order valence-electron chi connectivity index (χ3n) is 2.43. The Labute approximate surface area is 108 Å². The van der Waals surface area contributed by atoms with Crippen LogP contribution < -0.4 is 11.1 Å². The molecule has 0 radical (unpaired) electrons. The van der Waals surface area contributed by atoms with Gasteiger partial charge in [0.05, 0.1) is 5.56 Å². The van der Waals surface area contributed by atoms with Crippen LogP contribution in [0.4, 0.5) is 24.8 Å². The van der Waals surface area contributed by atoms with Crippen molar-refractivity contribution in [2.24, 2.45) is 0 Å². The third-order valence-corrected chi connectivity index (χ3v) is 3.47. The summed E-state index contributed by atoms with van der Waals surface area (Å²) < 4.78 is 37.6. The first-order valence-electron chi connectivity index (χ1n) is 5.44. The van der Waals surface area contributed by atoms with Gasteiger partial charge in [-0.1, -0.05) is 6.92 Å². The average molecular weight is 279 g/mol. The number of nitrogens with two attached hydrogens (primary N) is 1. The van der Waals surface area contributed by atoms with E-state index in [4.69, 9.17) is 5.73 Å². The SMILES string of the molecule is CSC(C)CCNc1cc(C(F)(F)F)cc(N)n1. The molecule has 1 aromatic rings. The molecule has 18 heavy (non-hydrogen) atoms. The monoisotopic (exact) mass is 279 g/mol. The minimum absolute atomic E-state index is 0.134. The molecule has 0 aliphatic rings. The number of anilines is 2. The van der Waals surface area contributed by atoms with Crippen LogP contribution in [-0.2, 0) is 6.18 Å². The second-order valence-corrected chi connectivity index (χ2v) is 5.20. The van der Waals surface area contributed by atoms with Crippen LogP contribution in [0.25, 0.3) is 0 Å². The van der Waals surface area contributed by atoms with E-state index in [0.29, 0.717) is 11.8 Å². The molecule has 0 amide bonds. The van der Waals surface area contributed by atoms with Crippen molar-refractivity contribution >= 4 is 23.4 Å². The molecule has 0 aromatic carbocycles. The van der Waals surface area contributed by atoms with Gasteiger partial charge in [-0.15, -0.1) is 0 Å². The fraction of sp³-hybridized carbons (Fsp3) is 0.545. The van der Waals surface area contributed by atoms with Crippen LogP contribution in [0.1, 0.15) is 18.9 Å². The first-order chi connectivity index (χ1) is 8.32. The van der Waals surface area contributed by atoms with Crippen LogP contribution in [0, 0.1) is 0 Å². The fourth-order valence-electron chi connectivity index (χ4n) is 1.33. The lowest BCUT2D eigenvalue weighted by molar-refractivity contribution is -0.137. The predicted molar refractivity (Wildman–Crippen MR) is 69.7 cm³/mol. The number of aromatic nitrogens is 1. The van der Waals surface area contributed by atoms with Gasteiger partial charge in [0.15, 0.2) is 0 Å². The van der Waals surface area contributed by atoms with Crippen molar-refractivity contribution < 1.29 is 13.2 Å². The van der Waals surface area contributed by atoms with E-state index in [1.165, 1.54) is 0 Å². The van der Waals surface area contributed by atoms with Crippen LogP contribution in [0.2, 0.25) is 0 Å². The van der Waals surface area contributed by atoms with Gasteiger partial charge in [0.1, 0.15) is 11.6 Å². The van der Waals surface area contributed by atoms with E-state index in [1.807, 2.05) is 6.26 Å². The number of nitrogens with zero attached hydrogens (tertiary/aromatic N) is 1. The second-order valence-electron chi connectivity index (χ2n) is 3.93. The zero-order valence-electron chi connectivity index (χ0n) is 10.2. The summed E-state index contributed by atoms with van der Waals surface area (Å²) >= 11 is 1.71. The molecule has 0 saturated heterocycles. The van der Waals surface area contributed by atoms with E-state index in [0.717, 1.165) is 18.6 Å². The smallest absolute Gasteiger partial charge is 0.384 e. The highest BCUT2D eigenvalue weighted by Gasteiger charge is 2.31. The summed E-state index contributed by atoms with van der Waals surface area (Å²) in [4.78, 5) is 3.83. The van der Waals surface area contributed by atoms with E-state index in [9.17, 15) is 13.2 Å². The van der Waals surface area contributed by atoms with Gasteiger partial charge in [-0.05, 0) is 24.8 Å². The van der Waals surface area contributed by atoms with Crippen molar-refractivity contribution in [3.8, 4) is 0 Å². The lowest BCUT2D eigenvalue weighted by atomic mass is 10.2. The van der Waals surface area contributed by atoms with Gasteiger partial charge >= 0.3 is 6.18 Å². The van der Waals surface area contributed by atoms with E-state index in [1.54, 1.807) is 11.8 Å². The van der Waals surface area contributed by atoms with Crippen molar-refractivity contribution in [3.05, 3.63) is 17.7 Å². The second kappa shape index (κ2) is 6.17. The van der Waals surface area contributed by atoms with Crippen LogP contribution in [-0.4, -0.2) is 23.0 Å². The molecule has 0 saturated carbocycles. The van der Waals surface area contributed by atoms with Gasteiger partial charge in [0.25, 0.3) is 0 Å². The Kier molecular flexibility index (Phi) is 5.13. The minimum Gasteiger partial charge on any atom is -0.384 e. The number of nitrogen functional groups attached to an aromatic ring is 1. The van der Waals surface area contributed by atoms with Crippen LogP contribution in [0.3, 0.4) is 0 Å². The molecule has 1 rings (SSSR count). The summed E-state index contributed by atoms with van der Waals surface area (Å²) in [6, 6.07) is 1.80. The van der Waals surface area contributed by atoms with Gasteiger partial charge < -0.3 is 11.1 Å².